The van der Waals surface area contributed by atoms with Gasteiger partial charge in [0.05, 0.1) is 6.61 Å². The molecule has 0 atom stereocenters. The van der Waals surface area contributed by atoms with E-state index in [1.165, 1.54) is 13.8 Å². The number of alkyl halides is 6. The zero-order chi connectivity index (χ0) is 13.9. The molecule has 0 saturated carbocycles. The Labute approximate surface area is 93.2 Å². The minimum Gasteiger partial charge on any atom is -0.462 e. The summed E-state index contributed by atoms with van der Waals surface area (Å²) in [6.07, 6.45) is -11.7. The predicted molar refractivity (Wildman–Crippen MR) is 46.0 cm³/mol. The van der Waals surface area contributed by atoms with Crippen molar-refractivity contribution < 1.29 is 35.9 Å². The number of carbonyl (C=O) groups excluding carboxylic acids is 1. The molecule has 0 amide bonds. The lowest BCUT2D eigenvalue weighted by Gasteiger charge is -2.13. The molecule has 0 bridgehead atoms. The van der Waals surface area contributed by atoms with Crippen LogP contribution in [0.1, 0.15) is 13.8 Å². The summed E-state index contributed by atoms with van der Waals surface area (Å²) in [6, 6.07) is 0. The molecule has 0 heterocycles. The largest absolute Gasteiger partial charge is 0.462 e. The maximum absolute atomic E-state index is 12.2. The van der Waals surface area contributed by atoms with Gasteiger partial charge >= 0.3 is 18.3 Å². The summed E-state index contributed by atoms with van der Waals surface area (Å²) < 4.78 is 76.0. The predicted octanol–water partition coefficient (Wildman–Crippen LogP) is 3.24. The first-order valence-electron chi connectivity index (χ1n) is 4.47. The fourth-order valence-corrected chi connectivity index (χ4v) is 0.740. The highest BCUT2D eigenvalue weighted by molar-refractivity contribution is 5.90. The second-order valence-electron chi connectivity index (χ2n) is 3.59. The van der Waals surface area contributed by atoms with Crippen molar-refractivity contribution in [1.29, 1.82) is 0 Å². The van der Waals surface area contributed by atoms with Crippen molar-refractivity contribution in [2.24, 2.45) is 5.92 Å². The zero-order valence-corrected chi connectivity index (χ0v) is 8.95. The second kappa shape index (κ2) is 5.42. The summed E-state index contributed by atoms with van der Waals surface area (Å²) in [7, 11) is 0. The number of rotatable bonds is 3. The van der Waals surface area contributed by atoms with Crippen molar-refractivity contribution in [2.45, 2.75) is 26.2 Å². The Hall–Kier alpha value is -1.21. The lowest BCUT2D eigenvalue weighted by Crippen LogP contribution is -2.25. The molecule has 0 spiro atoms. The van der Waals surface area contributed by atoms with Crippen molar-refractivity contribution in [3.63, 3.8) is 0 Å². The van der Waals surface area contributed by atoms with Crippen LogP contribution < -0.4 is 0 Å². The molecule has 8 heteroatoms. The first-order valence-corrected chi connectivity index (χ1v) is 4.47. The Morgan fingerprint density at radius 2 is 1.65 bits per heavy atom. The molecule has 2 nitrogen and oxygen atoms in total. The Morgan fingerprint density at radius 1 is 1.18 bits per heavy atom. The van der Waals surface area contributed by atoms with Gasteiger partial charge < -0.3 is 4.74 Å². The van der Waals surface area contributed by atoms with E-state index in [1.807, 2.05) is 0 Å². The fourth-order valence-electron chi connectivity index (χ4n) is 0.740. The summed E-state index contributed by atoms with van der Waals surface area (Å²) in [5, 5.41) is 0. The van der Waals surface area contributed by atoms with Gasteiger partial charge in [0.25, 0.3) is 0 Å². The van der Waals surface area contributed by atoms with Crippen LogP contribution in [0.3, 0.4) is 0 Å². The van der Waals surface area contributed by atoms with Crippen LogP contribution in [-0.4, -0.2) is 24.9 Å². The Kier molecular flexibility index (Phi) is 5.03. The number of allylic oxidation sites excluding steroid dienone is 1. The molecule has 17 heavy (non-hydrogen) atoms. The standard InChI is InChI=1S/C9H10F6O2/c1-5(2)4-17-7(16)6(9(13,14)15)3-8(10,11)12/h3,5H,4H2,1-2H3. The van der Waals surface area contributed by atoms with E-state index in [2.05, 4.69) is 4.74 Å². The van der Waals surface area contributed by atoms with E-state index in [0.717, 1.165) is 0 Å². The van der Waals surface area contributed by atoms with Gasteiger partial charge in [-0.25, -0.2) is 4.79 Å². The summed E-state index contributed by atoms with van der Waals surface area (Å²) in [4.78, 5) is 10.9. The number of halogens is 6. The van der Waals surface area contributed by atoms with Gasteiger partial charge in [-0.15, -0.1) is 0 Å². The summed E-state index contributed by atoms with van der Waals surface area (Å²) in [5.74, 6) is -2.30. The highest BCUT2D eigenvalue weighted by Gasteiger charge is 2.43. The third-order valence-electron chi connectivity index (χ3n) is 1.38. The number of esters is 1. The number of ether oxygens (including phenoxy) is 1. The molecule has 0 radical (unpaired) electrons. The maximum atomic E-state index is 12.2. The van der Waals surface area contributed by atoms with Crippen LogP contribution in [0.2, 0.25) is 0 Å². The molecular weight excluding hydrogens is 254 g/mol. The van der Waals surface area contributed by atoms with Crippen molar-refractivity contribution in [3.05, 3.63) is 11.6 Å². The number of carbonyl (C=O) groups is 1. The average Bonchev–Trinajstić information content (AvgIpc) is 2.07. The van der Waals surface area contributed by atoms with Crippen LogP contribution >= 0.6 is 0 Å². The minimum atomic E-state index is -5.40. The summed E-state index contributed by atoms with van der Waals surface area (Å²) >= 11 is 0. The van der Waals surface area contributed by atoms with Crippen molar-refractivity contribution in [3.8, 4) is 0 Å². The van der Waals surface area contributed by atoms with Crippen molar-refractivity contribution in [2.75, 3.05) is 6.61 Å². The molecule has 0 aliphatic rings. The molecule has 0 saturated heterocycles. The van der Waals surface area contributed by atoms with Gasteiger partial charge in [-0.2, -0.15) is 26.3 Å². The molecule has 0 aliphatic carbocycles. The molecule has 0 rings (SSSR count). The van der Waals surface area contributed by atoms with Crippen molar-refractivity contribution >= 4 is 5.97 Å². The topological polar surface area (TPSA) is 26.3 Å². The van der Waals surface area contributed by atoms with Crippen molar-refractivity contribution in [1.82, 2.24) is 0 Å². The Bertz CT molecular complexity index is 300. The maximum Gasteiger partial charge on any atom is 0.423 e. The third kappa shape index (κ3) is 6.85. The molecule has 0 aromatic rings. The molecule has 0 fully saturated rings. The SMILES string of the molecule is CC(C)COC(=O)C(=CC(F)(F)F)C(F)(F)F. The van der Waals surface area contributed by atoms with Gasteiger partial charge in [-0.05, 0) is 5.92 Å². The van der Waals surface area contributed by atoms with Crippen LogP contribution in [0, 0.1) is 5.92 Å². The average molecular weight is 264 g/mol. The monoisotopic (exact) mass is 264 g/mol. The van der Waals surface area contributed by atoms with Gasteiger partial charge in [-0.3, -0.25) is 0 Å². The van der Waals surface area contributed by atoms with E-state index >= 15 is 0 Å². The van der Waals surface area contributed by atoms with Gasteiger partial charge in [0.15, 0.2) is 0 Å². The smallest absolute Gasteiger partial charge is 0.423 e. The van der Waals surface area contributed by atoms with E-state index < -0.39 is 30.0 Å². The molecule has 0 aromatic heterocycles. The van der Waals surface area contributed by atoms with Gasteiger partial charge in [0, 0.05) is 6.08 Å². The lowest BCUT2D eigenvalue weighted by molar-refractivity contribution is -0.154. The Morgan fingerprint density at radius 3 is 1.94 bits per heavy atom. The van der Waals surface area contributed by atoms with E-state index in [4.69, 9.17) is 0 Å². The van der Waals surface area contributed by atoms with E-state index in [9.17, 15) is 31.1 Å². The van der Waals surface area contributed by atoms with E-state index in [-0.39, 0.29) is 12.5 Å². The van der Waals surface area contributed by atoms with Gasteiger partial charge in [-0.1, -0.05) is 13.8 Å². The number of hydrogen-bond donors (Lipinski definition) is 0. The van der Waals surface area contributed by atoms with Crippen LogP contribution in [0.5, 0.6) is 0 Å². The van der Waals surface area contributed by atoms with Crippen LogP contribution in [0.25, 0.3) is 0 Å². The normalized spacial score (nSPS) is 14.1. The summed E-state index contributed by atoms with van der Waals surface area (Å²) in [6.45, 7) is 2.69. The van der Waals surface area contributed by atoms with E-state index in [1.54, 1.807) is 0 Å². The number of hydrogen-bond acceptors (Lipinski definition) is 2. The fraction of sp³-hybridized carbons (Fsp3) is 0.667. The van der Waals surface area contributed by atoms with Gasteiger partial charge in [0.2, 0.25) is 0 Å². The first kappa shape index (κ1) is 15.8. The van der Waals surface area contributed by atoms with Crippen LogP contribution in [0.15, 0.2) is 11.6 Å². The molecule has 0 aliphatic heterocycles. The molecule has 0 unspecified atom stereocenters. The molecular formula is C9H10F6O2. The highest BCUT2D eigenvalue weighted by atomic mass is 19.4. The molecule has 100 valence electrons. The lowest BCUT2D eigenvalue weighted by atomic mass is 10.2. The van der Waals surface area contributed by atoms with Gasteiger partial charge in [0.1, 0.15) is 5.57 Å². The first-order chi connectivity index (χ1) is 7.43. The van der Waals surface area contributed by atoms with E-state index in [0.29, 0.717) is 0 Å². The molecule has 0 N–H and O–H groups in total. The summed E-state index contributed by atoms with van der Waals surface area (Å²) in [5.41, 5.74) is -2.36. The minimum absolute atomic E-state index is 0.278. The Balaban J connectivity index is 4.97. The van der Waals surface area contributed by atoms with Crippen LogP contribution in [0.4, 0.5) is 26.3 Å². The van der Waals surface area contributed by atoms with Crippen LogP contribution in [-0.2, 0) is 9.53 Å². The molecule has 0 aromatic carbocycles. The second-order valence-corrected chi connectivity index (χ2v) is 3.59. The third-order valence-corrected chi connectivity index (χ3v) is 1.38. The quantitative estimate of drug-likeness (QED) is 0.444. The zero-order valence-electron chi connectivity index (χ0n) is 8.95. The highest BCUT2D eigenvalue weighted by Crippen LogP contribution is 2.31.